The lowest BCUT2D eigenvalue weighted by Gasteiger charge is -2.20. The Morgan fingerprint density at radius 1 is 1.12 bits per heavy atom. The Kier molecular flexibility index (Phi) is 6.17. The van der Waals surface area contributed by atoms with E-state index in [2.05, 4.69) is 5.32 Å². The zero-order chi connectivity index (χ0) is 18.4. The maximum atomic E-state index is 12.7. The number of aryl methyl sites for hydroxylation is 1. The van der Waals surface area contributed by atoms with Crippen LogP contribution in [0.1, 0.15) is 12.5 Å². The van der Waals surface area contributed by atoms with Gasteiger partial charge in [-0.1, -0.05) is 25.1 Å². The molecular formula is C18H22N2O4S. The average molecular weight is 362 g/mol. The summed E-state index contributed by atoms with van der Waals surface area (Å²) in [5.74, 6) is 0.188. The van der Waals surface area contributed by atoms with Crippen LogP contribution in [-0.4, -0.2) is 38.8 Å². The Morgan fingerprint density at radius 3 is 2.32 bits per heavy atom. The maximum absolute atomic E-state index is 12.7. The van der Waals surface area contributed by atoms with Crippen LogP contribution in [0.25, 0.3) is 0 Å². The van der Waals surface area contributed by atoms with E-state index in [1.807, 2.05) is 25.1 Å². The first-order chi connectivity index (χ1) is 11.9. The van der Waals surface area contributed by atoms with Crippen molar-refractivity contribution in [1.82, 2.24) is 4.31 Å². The summed E-state index contributed by atoms with van der Waals surface area (Å²) in [5, 5.41) is 2.75. The second-order valence-corrected chi connectivity index (χ2v) is 7.41. The Hall–Kier alpha value is -2.38. The topological polar surface area (TPSA) is 75.7 Å². The van der Waals surface area contributed by atoms with Crippen molar-refractivity contribution in [3.05, 3.63) is 54.1 Å². The number of hydrogen-bond donors (Lipinski definition) is 1. The van der Waals surface area contributed by atoms with Crippen molar-refractivity contribution in [2.24, 2.45) is 0 Å². The number of methoxy groups -OCH3 is 1. The number of sulfonamides is 1. The highest BCUT2D eigenvalue weighted by atomic mass is 32.2. The van der Waals surface area contributed by atoms with Gasteiger partial charge < -0.3 is 10.1 Å². The molecule has 1 N–H and O–H groups in total. The van der Waals surface area contributed by atoms with Crippen molar-refractivity contribution >= 4 is 21.6 Å². The highest BCUT2D eigenvalue weighted by Crippen LogP contribution is 2.20. The summed E-state index contributed by atoms with van der Waals surface area (Å²) in [5.41, 5.74) is 1.59. The molecule has 0 bridgehead atoms. The van der Waals surface area contributed by atoms with Gasteiger partial charge in [0.1, 0.15) is 5.75 Å². The molecule has 0 aliphatic heterocycles. The van der Waals surface area contributed by atoms with Crippen molar-refractivity contribution in [1.29, 1.82) is 0 Å². The van der Waals surface area contributed by atoms with E-state index in [4.69, 9.17) is 4.74 Å². The third-order valence-electron chi connectivity index (χ3n) is 3.79. The summed E-state index contributed by atoms with van der Waals surface area (Å²) in [4.78, 5) is 12.4. The van der Waals surface area contributed by atoms with Gasteiger partial charge in [0.05, 0.1) is 18.6 Å². The summed E-state index contributed by atoms with van der Waals surface area (Å²) in [6.07, 6.45) is 0. The molecule has 0 fully saturated rings. The first kappa shape index (κ1) is 19.0. The van der Waals surface area contributed by atoms with Gasteiger partial charge in [0.25, 0.3) is 0 Å². The quantitative estimate of drug-likeness (QED) is 0.822. The molecule has 2 aromatic carbocycles. The number of carbonyl (C=O) groups excluding carboxylic acids is 1. The lowest BCUT2D eigenvalue weighted by atomic mass is 10.2. The van der Waals surface area contributed by atoms with Crippen molar-refractivity contribution in [3.8, 4) is 5.75 Å². The summed E-state index contributed by atoms with van der Waals surface area (Å²) < 4.78 is 31.6. The highest BCUT2D eigenvalue weighted by molar-refractivity contribution is 7.89. The predicted octanol–water partition coefficient (Wildman–Crippen LogP) is 2.65. The van der Waals surface area contributed by atoms with Crippen LogP contribution in [0.3, 0.4) is 0 Å². The third-order valence-corrected chi connectivity index (χ3v) is 5.72. The number of rotatable bonds is 7. The minimum atomic E-state index is -3.76. The molecule has 0 saturated carbocycles. The van der Waals surface area contributed by atoms with Gasteiger partial charge in [0, 0.05) is 12.2 Å². The van der Waals surface area contributed by atoms with Gasteiger partial charge in [0.2, 0.25) is 15.9 Å². The minimum absolute atomic E-state index is 0.124. The molecule has 0 aliphatic rings. The first-order valence-electron chi connectivity index (χ1n) is 7.88. The molecule has 1 amide bonds. The standard InChI is InChI=1S/C18H22N2O4S/c1-4-20(13-18(21)19-17-8-6-5-7-14(17)2)25(22,23)16-11-9-15(24-3)10-12-16/h5-12H,4,13H2,1-3H3,(H,19,21). The number of benzene rings is 2. The van der Waals surface area contributed by atoms with Crippen LogP contribution < -0.4 is 10.1 Å². The van der Waals surface area contributed by atoms with Crippen LogP contribution in [0.5, 0.6) is 5.75 Å². The number of likely N-dealkylation sites (N-methyl/N-ethyl adjacent to an activating group) is 1. The largest absolute Gasteiger partial charge is 0.497 e. The van der Waals surface area contributed by atoms with E-state index < -0.39 is 10.0 Å². The second-order valence-electron chi connectivity index (χ2n) is 5.47. The number of amides is 1. The van der Waals surface area contributed by atoms with Gasteiger partial charge in [-0.3, -0.25) is 4.79 Å². The van der Waals surface area contributed by atoms with Gasteiger partial charge in [0.15, 0.2) is 0 Å². The first-order valence-corrected chi connectivity index (χ1v) is 9.32. The number of ether oxygens (including phenoxy) is 1. The van der Waals surface area contributed by atoms with E-state index in [0.717, 1.165) is 9.87 Å². The molecular weight excluding hydrogens is 340 g/mol. The van der Waals surface area contributed by atoms with E-state index in [1.54, 1.807) is 25.1 Å². The SMILES string of the molecule is CCN(CC(=O)Nc1ccccc1C)S(=O)(=O)c1ccc(OC)cc1. The third kappa shape index (κ3) is 4.58. The molecule has 0 saturated heterocycles. The monoisotopic (exact) mass is 362 g/mol. The fourth-order valence-corrected chi connectivity index (χ4v) is 3.73. The van der Waals surface area contributed by atoms with Gasteiger partial charge in [-0.25, -0.2) is 8.42 Å². The van der Waals surface area contributed by atoms with Gasteiger partial charge >= 0.3 is 0 Å². The molecule has 0 radical (unpaired) electrons. The number of anilines is 1. The molecule has 0 heterocycles. The van der Waals surface area contributed by atoms with Crippen molar-refractivity contribution in [2.45, 2.75) is 18.7 Å². The molecule has 7 heteroatoms. The van der Waals surface area contributed by atoms with Crippen LogP contribution in [-0.2, 0) is 14.8 Å². The Balaban J connectivity index is 2.14. The minimum Gasteiger partial charge on any atom is -0.497 e. The molecule has 0 aromatic heterocycles. The summed E-state index contributed by atoms with van der Waals surface area (Å²) in [7, 11) is -2.24. The van der Waals surface area contributed by atoms with Gasteiger partial charge in [-0.05, 0) is 42.8 Å². The smallest absolute Gasteiger partial charge is 0.243 e. The number of carbonyl (C=O) groups is 1. The Bertz CT molecular complexity index is 832. The Labute approximate surface area is 148 Å². The van der Waals surface area contributed by atoms with Crippen LogP contribution >= 0.6 is 0 Å². The molecule has 134 valence electrons. The fraction of sp³-hybridized carbons (Fsp3) is 0.278. The van der Waals surface area contributed by atoms with Crippen molar-refractivity contribution < 1.29 is 17.9 Å². The molecule has 0 unspecified atom stereocenters. The number of hydrogen-bond acceptors (Lipinski definition) is 4. The Morgan fingerprint density at radius 2 is 1.76 bits per heavy atom. The normalized spacial score (nSPS) is 11.4. The summed E-state index contributed by atoms with van der Waals surface area (Å²) in [6, 6.07) is 13.4. The molecule has 0 aliphatic carbocycles. The van der Waals surface area contributed by atoms with Crippen molar-refractivity contribution in [3.63, 3.8) is 0 Å². The molecule has 25 heavy (non-hydrogen) atoms. The van der Waals surface area contributed by atoms with Crippen LogP contribution in [0.15, 0.2) is 53.4 Å². The van der Waals surface area contributed by atoms with Crippen LogP contribution in [0, 0.1) is 6.92 Å². The summed E-state index contributed by atoms with van der Waals surface area (Å²) in [6.45, 7) is 3.51. The number of para-hydroxylation sites is 1. The van der Waals surface area contributed by atoms with Gasteiger partial charge in [-0.15, -0.1) is 0 Å². The van der Waals surface area contributed by atoms with E-state index in [0.29, 0.717) is 11.4 Å². The highest BCUT2D eigenvalue weighted by Gasteiger charge is 2.25. The molecule has 6 nitrogen and oxygen atoms in total. The zero-order valence-electron chi connectivity index (χ0n) is 14.5. The van der Waals surface area contributed by atoms with E-state index in [-0.39, 0.29) is 23.9 Å². The van der Waals surface area contributed by atoms with Crippen LogP contribution in [0.2, 0.25) is 0 Å². The molecule has 0 spiro atoms. The van der Waals surface area contributed by atoms with Gasteiger partial charge in [-0.2, -0.15) is 4.31 Å². The van der Waals surface area contributed by atoms with Crippen LogP contribution in [0.4, 0.5) is 5.69 Å². The maximum Gasteiger partial charge on any atom is 0.243 e. The van der Waals surface area contributed by atoms with E-state index >= 15 is 0 Å². The average Bonchev–Trinajstić information content (AvgIpc) is 2.61. The lowest BCUT2D eigenvalue weighted by Crippen LogP contribution is -2.37. The number of nitrogens with zero attached hydrogens (tertiary/aromatic N) is 1. The zero-order valence-corrected chi connectivity index (χ0v) is 15.3. The number of nitrogens with one attached hydrogen (secondary N) is 1. The lowest BCUT2D eigenvalue weighted by molar-refractivity contribution is -0.116. The fourth-order valence-electron chi connectivity index (χ4n) is 2.33. The van der Waals surface area contributed by atoms with E-state index in [1.165, 1.54) is 19.2 Å². The predicted molar refractivity (Wildman–Crippen MR) is 97.2 cm³/mol. The molecule has 2 rings (SSSR count). The second kappa shape index (κ2) is 8.13. The van der Waals surface area contributed by atoms with Crippen molar-refractivity contribution in [2.75, 3.05) is 25.5 Å². The molecule has 2 aromatic rings. The van der Waals surface area contributed by atoms with E-state index in [9.17, 15) is 13.2 Å². The summed E-state index contributed by atoms with van der Waals surface area (Å²) >= 11 is 0. The molecule has 0 atom stereocenters.